The minimum Gasteiger partial charge on any atom is -0.412 e. The molecule has 1 fully saturated rings. The fourth-order valence-electron chi connectivity index (χ4n) is 4.15. The number of nitrogens with one attached hydrogen (secondary N) is 2. The van der Waals surface area contributed by atoms with Crippen LogP contribution in [0.4, 0.5) is 8.78 Å². The lowest BCUT2D eigenvalue weighted by molar-refractivity contribution is 0.0901. The highest BCUT2D eigenvalue weighted by atomic mass is 19.1. The lowest BCUT2D eigenvalue weighted by atomic mass is 9.82. The molecule has 172 valence electrons. The molecule has 0 bridgehead atoms. The fourth-order valence-corrected chi connectivity index (χ4v) is 4.15. The van der Waals surface area contributed by atoms with Crippen molar-refractivity contribution < 1.29 is 19.1 Å². The standard InChI is InChI=1S/C23H20F2N4O3.H2O/c24-16-5-4-6-17(25)14(16)11-29-12-15(21(31)20-18(29)7-8-19(30)27-20)22(32)28-23(13-26)9-2-1-3-10-23;/h4-8,12H,1-3,9-11H2,(H,27,30)(H,28,32);1H2. The summed E-state index contributed by atoms with van der Waals surface area (Å²) in [6.45, 7) is -0.314. The molecule has 1 saturated carbocycles. The Bertz CT molecular complexity index is 1350. The Labute approximate surface area is 186 Å². The highest BCUT2D eigenvalue weighted by molar-refractivity contribution is 5.97. The maximum atomic E-state index is 14.3. The van der Waals surface area contributed by atoms with Crippen LogP contribution in [0.1, 0.15) is 48.0 Å². The molecule has 0 unspecified atom stereocenters. The van der Waals surface area contributed by atoms with E-state index in [0.29, 0.717) is 12.8 Å². The molecule has 1 aliphatic rings. The van der Waals surface area contributed by atoms with Gasteiger partial charge in [0, 0.05) is 17.8 Å². The van der Waals surface area contributed by atoms with E-state index in [2.05, 4.69) is 16.4 Å². The number of pyridine rings is 2. The number of fused-ring (bicyclic) bond motifs is 1. The van der Waals surface area contributed by atoms with Crippen LogP contribution in [0.2, 0.25) is 0 Å². The monoisotopic (exact) mass is 456 g/mol. The van der Waals surface area contributed by atoms with Gasteiger partial charge in [-0.05, 0) is 31.0 Å². The third kappa shape index (κ3) is 4.54. The van der Waals surface area contributed by atoms with Crippen molar-refractivity contribution >= 4 is 16.9 Å². The normalized spacial score (nSPS) is 14.8. The average molecular weight is 456 g/mol. The number of carbonyl (C=O) groups excluding carboxylic acids is 1. The molecule has 4 rings (SSSR count). The van der Waals surface area contributed by atoms with Crippen molar-refractivity contribution in [2.24, 2.45) is 0 Å². The van der Waals surface area contributed by atoms with Crippen LogP contribution in [0.5, 0.6) is 0 Å². The maximum Gasteiger partial charge on any atom is 0.258 e. The third-order valence-corrected chi connectivity index (χ3v) is 5.87. The second-order valence-electron chi connectivity index (χ2n) is 7.99. The van der Waals surface area contributed by atoms with E-state index in [1.54, 1.807) is 0 Å². The van der Waals surface area contributed by atoms with Gasteiger partial charge in [0.15, 0.2) is 0 Å². The Hall–Kier alpha value is -3.84. The lowest BCUT2D eigenvalue weighted by Gasteiger charge is -2.31. The smallest absolute Gasteiger partial charge is 0.258 e. The summed E-state index contributed by atoms with van der Waals surface area (Å²) >= 11 is 0. The largest absolute Gasteiger partial charge is 0.412 e. The van der Waals surface area contributed by atoms with Gasteiger partial charge in [0.25, 0.3) is 5.91 Å². The number of aromatic amines is 1. The minimum atomic E-state index is -1.08. The summed E-state index contributed by atoms with van der Waals surface area (Å²) < 4.78 is 29.8. The zero-order valence-corrected chi connectivity index (χ0v) is 17.6. The highest BCUT2D eigenvalue weighted by Crippen LogP contribution is 2.28. The van der Waals surface area contributed by atoms with Crippen LogP contribution in [0, 0.1) is 23.0 Å². The van der Waals surface area contributed by atoms with Crippen LogP contribution < -0.4 is 16.3 Å². The van der Waals surface area contributed by atoms with Crippen molar-refractivity contribution in [1.82, 2.24) is 14.9 Å². The molecule has 8 nitrogen and oxygen atoms in total. The van der Waals surface area contributed by atoms with Gasteiger partial charge in [-0.15, -0.1) is 0 Å². The summed E-state index contributed by atoms with van der Waals surface area (Å²) in [7, 11) is 0. The van der Waals surface area contributed by atoms with E-state index in [4.69, 9.17) is 0 Å². The Morgan fingerprint density at radius 2 is 1.79 bits per heavy atom. The first kappa shape index (κ1) is 23.8. The third-order valence-electron chi connectivity index (χ3n) is 5.87. The molecule has 2 heterocycles. The highest BCUT2D eigenvalue weighted by Gasteiger charge is 2.34. The van der Waals surface area contributed by atoms with Gasteiger partial charge in [0.1, 0.15) is 28.3 Å². The van der Waals surface area contributed by atoms with Gasteiger partial charge in [-0.1, -0.05) is 25.3 Å². The topological polar surface area (TPSA) is 139 Å². The van der Waals surface area contributed by atoms with Crippen LogP contribution in [-0.4, -0.2) is 26.5 Å². The SMILES string of the molecule is N#CC1(NC(=O)c2cn(Cc3c(F)cccc3F)c3ccc(=O)[nH]c3c2=O)CCCCC1.O. The van der Waals surface area contributed by atoms with Crippen molar-refractivity contribution in [3.05, 3.63) is 79.9 Å². The number of halogens is 2. The molecule has 1 amide bonds. The first-order chi connectivity index (χ1) is 15.3. The summed E-state index contributed by atoms with van der Waals surface area (Å²) in [5.41, 5.74) is -2.89. The Morgan fingerprint density at radius 1 is 1.12 bits per heavy atom. The Balaban J connectivity index is 0.00000306. The molecule has 10 heteroatoms. The first-order valence-electron chi connectivity index (χ1n) is 10.3. The predicted molar refractivity (Wildman–Crippen MR) is 117 cm³/mol. The van der Waals surface area contributed by atoms with Gasteiger partial charge in [0.2, 0.25) is 11.0 Å². The summed E-state index contributed by atoms with van der Waals surface area (Å²) in [6, 6.07) is 8.15. The number of hydrogen-bond acceptors (Lipinski definition) is 4. The fraction of sp³-hybridized carbons (Fsp3) is 0.304. The number of carbonyl (C=O) groups is 1. The van der Waals surface area contributed by atoms with E-state index in [1.807, 2.05) is 0 Å². The first-order valence-corrected chi connectivity index (χ1v) is 10.3. The number of amides is 1. The molecular weight excluding hydrogens is 434 g/mol. The molecule has 1 aliphatic carbocycles. The van der Waals surface area contributed by atoms with E-state index < -0.39 is 34.1 Å². The summed E-state index contributed by atoms with van der Waals surface area (Å²) in [5.74, 6) is -2.33. The Kier molecular flexibility index (Phi) is 6.74. The number of nitriles is 1. The second-order valence-corrected chi connectivity index (χ2v) is 7.99. The zero-order chi connectivity index (χ0) is 22.9. The number of nitrogens with zero attached hydrogens (tertiary/aromatic N) is 2. The number of rotatable bonds is 4. The number of hydrogen-bond donors (Lipinski definition) is 2. The lowest BCUT2D eigenvalue weighted by Crippen LogP contribution is -2.49. The summed E-state index contributed by atoms with van der Waals surface area (Å²) in [4.78, 5) is 40.3. The average Bonchev–Trinajstić information content (AvgIpc) is 2.78. The van der Waals surface area contributed by atoms with Crippen LogP contribution >= 0.6 is 0 Å². The molecule has 2 aromatic heterocycles. The Morgan fingerprint density at radius 3 is 2.42 bits per heavy atom. The summed E-state index contributed by atoms with van der Waals surface area (Å²) in [5, 5.41) is 12.3. The van der Waals surface area contributed by atoms with E-state index in [0.717, 1.165) is 31.4 Å². The molecule has 4 N–H and O–H groups in total. The van der Waals surface area contributed by atoms with Crippen molar-refractivity contribution in [2.75, 3.05) is 0 Å². The molecule has 0 radical (unpaired) electrons. The van der Waals surface area contributed by atoms with E-state index in [1.165, 1.54) is 29.0 Å². The second kappa shape index (κ2) is 9.34. The van der Waals surface area contributed by atoms with Gasteiger partial charge < -0.3 is 20.3 Å². The van der Waals surface area contributed by atoms with Gasteiger partial charge in [-0.3, -0.25) is 14.4 Å². The van der Waals surface area contributed by atoms with Crippen molar-refractivity contribution in [1.29, 1.82) is 5.26 Å². The quantitative estimate of drug-likeness (QED) is 0.621. The predicted octanol–water partition coefficient (Wildman–Crippen LogP) is 2.15. The van der Waals surface area contributed by atoms with Crippen molar-refractivity contribution in [3.8, 4) is 6.07 Å². The van der Waals surface area contributed by atoms with Crippen LogP contribution in [0.3, 0.4) is 0 Å². The van der Waals surface area contributed by atoms with Crippen LogP contribution in [0.15, 0.2) is 46.1 Å². The maximum absolute atomic E-state index is 14.3. The van der Waals surface area contributed by atoms with Crippen LogP contribution in [-0.2, 0) is 6.54 Å². The summed E-state index contributed by atoms with van der Waals surface area (Å²) in [6.07, 6.45) is 4.64. The minimum absolute atomic E-state index is 0. The number of H-pyrrole nitrogens is 1. The van der Waals surface area contributed by atoms with E-state index >= 15 is 0 Å². The molecule has 33 heavy (non-hydrogen) atoms. The molecule has 0 spiro atoms. The van der Waals surface area contributed by atoms with Gasteiger partial charge in [0.05, 0.1) is 18.1 Å². The molecule has 0 saturated heterocycles. The zero-order valence-electron chi connectivity index (χ0n) is 17.6. The molecule has 0 aliphatic heterocycles. The molecular formula is C23H22F2N4O4. The molecule has 0 atom stereocenters. The van der Waals surface area contributed by atoms with E-state index in [-0.39, 0.29) is 34.2 Å². The number of aromatic nitrogens is 2. The van der Waals surface area contributed by atoms with Gasteiger partial charge in [-0.25, -0.2) is 8.78 Å². The van der Waals surface area contributed by atoms with Crippen molar-refractivity contribution in [3.63, 3.8) is 0 Å². The van der Waals surface area contributed by atoms with Crippen LogP contribution in [0.25, 0.3) is 11.0 Å². The van der Waals surface area contributed by atoms with Gasteiger partial charge >= 0.3 is 0 Å². The van der Waals surface area contributed by atoms with Gasteiger partial charge in [-0.2, -0.15) is 5.26 Å². The van der Waals surface area contributed by atoms with E-state index in [9.17, 15) is 28.4 Å². The number of benzene rings is 1. The van der Waals surface area contributed by atoms with Crippen molar-refractivity contribution in [2.45, 2.75) is 44.2 Å². The molecule has 1 aromatic carbocycles. The molecule has 3 aromatic rings.